The average molecular weight is 523 g/mol. The van der Waals surface area contributed by atoms with Crippen molar-refractivity contribution in [2.24, 2.45) is 16.8 Å². The molecule has 5 nitrogen and oxygen atoms in total. The van der Waals surface area contributed by atoms with E-state index in [1.807, 2.05) is 12.1 Å². The molecule has 2 aromatic rings. The quantitative estimate of drug-likeness (QED) is 0.343. The second kappa shape index (κ2) is 11.7. The molecule has 0 bridgehead atoms. The maximum absolute atomic E-state index is 5.53. The molecule has 3 atom stereocenters. The lowest BCUT2D eigenvalue weighted by molar-refractivity contribution is 0.186. The minimum atomic E-state index is 0. The molecule has 2 saturated heterocycles. The molecule has 0 radical (unpaired) electrons. The monoisotopic (exact) mass is 523 g/mol. The highest BCUT2D eigenvalue weighted by molar-refractivity contribution is 14.0. The minimum absolute atomic E-state index is 0. The topological polar surface area (TPSA) is 50.0 Å². The van der Waals surface area contributed by atoms with Crippen LogP contribution in [-0.4, -0.2) is 50.3 Å². The van der Waals surface area contributed by atoms with Gasteiger partial charge in [0.05, 0.1) is 12.9 Å². The minimum Gasteiger partial charge on any atom is -0.469 e. The van der Waals surface area contributed by atoms with Crippen molar-refractivity contribution in [2.45, 2.75) is 32.1 Å². The van der Waals surface area contributed by atoms with Crippen LogP contribution in [-0.2, 0) is 11.2 Å². The Kier molecular flexibility index (Phi) is 9.05. The van der Waals surface area contributed by atoms with Crippen molar-refractivity contribution in [3.8, 4) is 0 Å². The maximum Gasteiger partial charge on any atom is 0.193 e. The van der Waals surface area contributed by atoms with Crippen LogP contribution < -0.4 is 5.32 Å². The van der Waals surface area contributed by atoms with Crippen molar-refractivity contribution >= 4 is 29.9 Å². The van der Waals surface area contributed by atoms with Gasteiger partial charge in [0.15, 0.2) is 5.96 Å². The van der Waals surface area contributed by atoms with Crippen LogP contribution in [0.2, 0.25) is 0 Å². The summed E-state index contributed by atoms with van der Waals surface area (Å²) in [4.78, 5) is 7.45. The van der Waals surface area contributed by atoms with Gasteiger partial charge in [0.1, 0.15) is 5.76 Å². The van der Waals surface area contributed by atoms with Crippen LogP contribution in [0.15, 0.2) is 58.1 Å². The van der Waals surface area contributed by atoms with Gasteiger partial charge < -0.3 is 19.4 Å². The number of benzene rings is 1. The molecule has 1 aromatic carbocycles. The van der Waals surface area contributed by atoms with Crippen LogP contribution in [0.1, 0.15) is 37.0 Å². The fraction of sp³-hybridized carbons (Fsp3) is 0.542. The number of rotatable bonds is 6. The van der Waals surface area contributed by atoms with Gasteiger partial charge in [0, 0.05) is 45.1 Å². The van der Waals surface area contributed by atoms with Crippen LogP contribution in [0.4, 0.5) is 0 Å². The number of piperidine rings is 1. The maximum atomic E-state index is 5.53. The summed E-state index contributed by atoms with van der Waals surface area (Å²) in [6, 6.07) is 14.9. The van der Waals surface area contributed by atoms with Gasteiger partial charge in [-0.2, -0.15) is 0 Å². The molecule has 164 valence electrons. The predicted octanol–water partition coefficient (Wildman–Crippen LogP) is 4.55. The molecule has 3 heterocycles. The standard InChI is InChI=1S/C24H33N3O2.HI/c1-19-17-27(13-10-23(19)21-6-3-2-4-7-21)24(26-16-20-11-15-28-18-20)25-12-9-22-8-5-14-29-22;/h2-8,14,19-20,23H,9-13,15-18H2,1H3,(H,25,26);1H. The molecule has 4 rings (SSSR count). The lowest BCUT2D eigenvalue weighted by atomic mass is 9.82. The van der Waals surface area contributed by atoms with Crippen LogP contribution in [0.25, 0.3) is 0 Å². The van der Waals surface area contributed by atoms with Gasteiger partial charge in [0.2, 0.25) is 0 Å². The van der Waals surface area contributed by atoms with Crippen molar-refractivity contribution < 1.29 is 9.15 Å². The molecule has 6 heteroatoms. The van der Waals surface area contributed by atoms with Gasteiger partial charge in [-0.15, -0.1) is 24.0 Å². The molecule has 0 aliphatic carbocycles. The Morgan fingerprint density at radius 3 is 2.73 bits per heavy atom. The Hall–Kier alpha value is -1.54. The van der Waals surface area contributed by atoms with Gasteiger partial charge in [-0.05, 0) is 42.4 Å². The van der Waals surface area contributed by atoms with E-state index in [-0.39, 0.29) is 24.0 Å². The molecule has 0 amide bonds. The number of furan rings is 1. The van der Waals surface area contributed by atoms with E-state index in [0.29, 0.717) is 17.8 Å². The van der Waals surface area contributed by atoms with E-state index in [4.69, 9.17) is 14.1 Å². The molecule has 30 heavy (non-hydrogen) atoms. The Bertz CT molecular complexity index is 760. The zero-order valence-electron chi connectivity index (χ0n) is 17.8. The van der Waals surface area contributed by atoms with Gasteiger partial charge in [-0.3, -0.25) is 4.99 Å². The Morgan fingerprint density at radius 1 is 1.17 bits per heavy atom. The van der Waals surface area contributed by atoms with Crippen molar-refractivity contribution in [2.75, 3.05) is 39.4 Å². The van der Waals surface area contributed by atoms with Crippen molar-refractivity contribution in [1.29, 1.82) is 0 Å². The van der Waals surface area contributed by atoms with Gasteiger partial charge >= 0.3 is 0 Å². The summed E-state index contributed by atoms with van der Waals surface area (Å²) in [5.41, 5.74) is 1.46. The highest BCUT2D eigenvalue weighted by Gasteiger charge is 2.29. The molecular weight excluding hydrogens is 489 g/mol. The van der Waals surface area contributed by atoms with Crippen molar-refractivity contribution in [3.05, 3.63) is 60.1 Å². The molecule has 1 aromatic heterocycles. The number of aliphatic imine (C=N–C) groups is 1. The Labute approximate surface area is 197 Å². The summed E-state index contributed by atoms with van der Waals surface area (Å²) in [5.74, 6) is 3.83. The van der Waals surface area contributed by atoms with Crippen LogP contribution in [0, 0.1) is 11.8 Å². The van der Waals surface area contributed by atoms with E-state index in [1.165, 1.54) is 5.56 Å². The lowest BCUT2D eigenvalue weighted by Gasteiger charge is -2.39. The summed E-state index contributed by atoms with van der Waals surface area (Å²) in [6.45, 7) is 7.84. The van der Waals surface area contributed by atoms with E-state index in [9.17, 15) is 0 Å². The number of halogens is 1. The summed E-state index contributed by atoms with van der Waals surface area (Å²) in [7, 11) is 0. The van der Waals surface area contributed by atoms with Crippen molar-refractivity contribution in [1.82, 2.24) is 10.2 Å². The number of hydrogen-bond donors (Lipinski definition) is 1. The molecule has 0 saturated carbocycles. The zero-order valence-corrected chi connectivity index (χ0v) is 20.2. The lowest BCUT2D eigenvalue weighted by Crippen LogP contribution is -2.48. The number of ether oxygens (including phenoxy) is 1. The largest absolute Gasteiger partial charge is 0.469 e. The van der Waals surface area contributed by atoms with E-state index in [0.717, 1.165) is 70.4 Å². The fourth-order valence-electron chi connectivity index (χ4n) is 4.50. The van der Waals surface area contributed by atoms with Crippen LogP contribution in [0.5, 0.6) is 0 Å². The van der Waals surface area contributed by atoms with Crippen molar-refractivity contribution in [3.63, 3.8) is 0 Å². The van der Waals surface area contributed by atoms with Crippen LogP contribution >= 0.6 is 24.0 Å². The van der Waals surface area contributed by atoms with E-state index in [1.54, 1.807) is 6.26 Å². The highest BCUT2D eigenvalue weighted by atomic mass is 127. The third kappa shape index (κ3) is 6.23. The predicted molar refractivity (Wildman–Crippen MR) is 132 cm³/mol. The first-order valence-electron chi connectivity index (χ1n) is 11.0. The molecule has 0 spiro atoms. The fourth-order valence-corrected chi connectivity index (χ4v) is 4.50. The molecule has 2 fully saturated rings. The Morgan fingerprint density at radius 2 is 2.03 bits per heavy atom. The number of nitrogens with zero attached hydrogens (tertiary/aromatic N) is 2. The summed E-state index contributed by atoms with van der Waals surface area (Å²) in [5, 5.41) is 3.60. The van der Waals surface area contributed by atoms with Gasteiger partial charge in [-0.1, -0.05) is 37.3 Å². The third-order valence-electron chi connectivity index (χ3n) is 6.19. The second-order valence-corrected chi connectivity index (χ2v) is 8.38. The van der Waals surface area contributed by atoms with Gasteiger partial charge in [0.25, 0.3) is 0 Å². The summed E-state index contributed by atoms with van der Waals surface area (Å²) >= 11 is 0. The van der Waals surface area contributed by atoms with E-state index in [2.05, 4.69) is 47.5 Å². The number of likely N-dealkylation sites (tertiary alicyclic amines) is 1. The molecule has 3 unspecified atom stereocenters. The third-order valence-corrected chi connectivity index (χ3v) is 6.19. The molecule has 2 aliphatic rings. The van der Waals surface area contributed by atoms with E-state index < -0.39 is 0 Å². The Balaban J connectivity index is 0.00000256. The first-order valence-corrected chi connectivity index (χ1v) is 11.0. The zero-order chi connectivity index (χ0) is 19.9. The molecule has 1 N–H and O–H groups in total. The first kappa shape index (κ1) is 23.1. The smallest absolute Gasteiger partial charge is 0.193 e. The number of guanidine groups is 1. The normalized spacial score (nSPS) is 24.5. The summed E-state index contributed by atoms with van der Waals surface area (Å²) < 4.78 is 11.0. The number of hydrogen-bond acceptors (Lipinski definition) is 3. The second-order valence-electron chi connectivity index (χ2n) is 8.38. The first-order chi connectivity index (χ1) is 14.3. The average Bonchev–Trinajstić information content (AvgIpc) is 3.45. The van der Waals surface area contributed by atoms with Gasteiger partial charge in [-0.25, -0.2) is 0 Å². The number of nitrogens with one attached hydrogen (secondary N) is 1. The molecular formula is C24H34IN3O2. The van der Waals surface area contributed by atoms with E-state index >= 15 is 0 Å². The highest BCUT2D eigenvalue weighted by Crippen LogP contribution is 2.32. The van der Waals surface area contributed by atoms with Crippen LogP contribution in [0.3, 0.4) is 0 Å². The SMILES string of the molecule is CC1CN(C(=NCC2CCOC2)NCCc2ccco2)CCC1c1ccccc1.I. The summed E-state index contributed by atoms with van der Waals surface area (Å²) in [6.07, 6.45) is 4.89. The molecule has 2 aliphatic heterocycles.